The first-order valence-corrected chi connectivity index (χ1v) is 10.6. The Labute approximate surface area is 174 Å². The van der Waals surface area contributed by atoms with Crippen molar-refractivity contribution in [2.24, 2.45) is 5.92 Å². The molecule has 3 heterocycles. The molecule has 0 spiro atoms. The first-order valence-electron chi connectivity index (χ1n) is 10.2. The summed E-state index contributed by atoms with van der Waals surface area (Å²) in [6.45, 7) is 2.55. The smallest absolute Gasteiger partial charge is 0.272 e. The molecule has 1 aliphatic carbocycles. The third kappa shape index (κ3) is 4.36. The standard InChI is InChI=1S/C21H24ClN3O4/c22-15-3-4-19-14(7-15)8-16(11-28-19)23-21(26)18-9-20-25(24-18)6-5-17(29-20)12-27-10-13-1-2-13/h3-4,7,9,13,16-17H,1-2,5-6,8,10-12H2,(H,23,26)/t16-,17?/m1/s1. The largest absolute Gasteiger partial charge is 0.491 e. The fourth-order valence-corrected chi connectivity index (χ4v) is 3.94. The number of benzene rings is 1. The second-order valence-electron chi connectivity index (χ2n) is 8.04. The zero-order chi connectivity index (χ0) is 19.8. The van der Waals surface area contributed by atoms with Crippen LogP contribution in [0.3, 0.4) is 0 Å². The van der Waals surface area contributed by atoms with E-state index >= 15 is 0 Å². The van der Waals surface area contributed by atoms with E-state index in [1.807, 2.05) is 12.1 Å². The summed E-state index contributed by atoms with van der Waals surface area (Å²) in [6, 6.07) is 7.12. The SMILES string of the molecule is O=C(N[C@H]1COc2ccc(Cl)cc2C1)c1cc2n(n1)CCC(COCC1CC1)O2. The number of ether oxygens (including phenoxy) is 3. The van der Waals surface area contributed by atoms with E-state index in [9.17, 15) is 4.79 Å². The van der Waals surface area contributed by atoms with Crippen LogP contribution >= 0.6 is 11.6 Å². The molecule has 2 atom stereocenters. The number of carbonyl (C=O) groups excluding carboxylic acids is 1. The molecule has 1 fully saturated rings. The van der Waals surface area contributed by atoms with Gasteiger partial charge in [0.2, 0.25) is 5.88 Å². The number of hydrogen-bond donors (Lipinski definition) is 1. The van der Waals surface area contributed by atoms with Gasteiger partial charge < -0.3 is 19.5 Å². The average Bonchev–Trinajstić information content (AvgIpc) is 3.43. The minimum Gasteiger partial charge on any atom is -0.491 e. The maximum atomic E-state index is 12.7. The zero-order valence-corrected chi connectivity index (χ0v) is 16.9. The van der Waals surface area contributed by atoms with Gasteiger partial charge in [0.05, 0.1) is 12.6 Å². The molecule has 7 nitrogen and oxygen atoms in total. The number of fused-ring (bicyclic) bond motifs is 2. The maximum absolute atomic E-state index is 12.7. The molecule has 29 heavy (non-hydrogen) atoms. The highest BCUT2D eigenvalue weighted by atomic mass is 35.5. The molecule has 1 amide bonds. The molecule has 0 saturated heterocycles. The lowest BCUT2D eigenvalue weighted by Crippen LogP contribution is -2.42. The van der Waals surface area contributed by atoms with Gasteiger partial charge >= 0.3 is 0 Å². The minimum absolute atomic E-state index is 0.0156. The van der Waals surface area contributed by atoms with E-state index in [2.05, 4.69) is 10.4 Å². The van der Waals surface area contributed by atoms with Crippen LogP contribution in [0.25, 0.3) is 0 Å². The molecule has 2 aromatic rings. The van der Waals surface area contributed by atoms with Crippen LogP contribution in [0.4, 0.5) is 0 Å². The average molecular weight is 418 g/mol. The summed E-state index contributed by atoms with van der Waals surface area (Å²) < 4.78 is 19.2. The first kappa shape index (κ1) is 18.8. The normalized spacial score (nSPS) is 22.8. The predicted molar refractivity (Wildman–Crippen MR) is 107 cm³/mol. The van der Waals surface area contributed by atoms with Gasteiger partial charge in [0, 0.05) is 30.7 Å². The summed E-state index contributed by atoms with van der Waals surface area (Å²) in [7, 11) is 0. The Morgan fingerprint density at radius 1 is 1.28 bits per heavy atom. The van der Waals surface area contributed by atoms with Gasteiger partial charge in [-0.2, -0.15) is 5.10 Å². The summed E-state index contributed by atoms with van der Waals surface area (Å²) in [5.74, 6) is 1.96. The highest BCUT2D eigenvalue weighted by Gasteiger charge is 2.27. The van der Waals surface area contributed by atoms with Crippen LogP contribution in [0.1, 0.15) is 35.3 Å². The number of nitrogens with zero attached hydrogens (tertiary/aromatic N) is 2. The molecule has 1 saturated carbocycles. The first-order chi connectivity index (χ1) is 14.1. The molecule has 1 aromatic carbocycles. The summed E-state index contributed by atoms with van der Waals surface area (Å²) in [5, 5.41) is 8.07. The lowest BCUT2D eigenvalue weighted by atomic mass is 10.0. The summed E-state index contributed by atoms with van der Waals surface area (Å²) in [4.78, 5) is 12.7. The number of nitrogens with one attached hydrogen (secondary N) is 1. The van der Waals surface area contributed by atoms with Gasteiger partial charge in [-0.15, -0.1) is 0 Å². The van der Waals surface area contributed by atoms with Gasteiger partial charge in [0.15, 0.2) is 5.69 Å². The fraction of sp³-hybridized carbons (Fsp3) is 0.524. The van der Waals surface area contributed by atoms with Crippen LogP contribution in [-0.2, 0) is 17.7 Å². The zero-order valence-electron chi connectivity index (χ0n) is 16.1. The van der Waals surface area contributed by atoms with Crippen molar-refractivity contribution in [1.29, 1.82) is 0 Å². The van der Waals surface area contributed by atoms with Gasteiger partial charge in [-0.3, -0.25) is 4.79 Å². The molecule has 1 aromatic heterocycles. The summed E-state index contributed by atoms with van der Waals surface area (Å²) >= 11 is 6.07. The van der Waals surface area contributed by atoms with Crippen molar-refractivity contribution in [2.45, 2.75) is 44.4 Å². The maximum Gasteiger partial charge on any atom is 0.272 e. The predicted octanol–water partition coefficient (Wildman–Crippen LogP) is 2.85. The van der Waals surface area contributed by atoms with Crippen LogP contribution in [0, 0.1) is 5.92 Å². The molecule has 1 N–H and O–H groups in total. The van der Waals surface area contributed by atoms with E-state index in [1.165, 1.54) is 12.8 Å². The number of aryl methyl sites for hydroxylation is 1. The van der Waals surface area contributed by atoms with E-state index in [1.54, 1.807) is 16.8 Å². The Hall–Kier alpha value is -2.25. The molecule has 0 radical (unpaired) electrons. The van der Waals surface area contributed by atoms with Crippen molar-refractivity contribution >= 4 is 17.5 Å². The highest BCUT2D eigenvalue weighted by molar-refractivity contribution is 6.30. The molecule has 1 unspecified atom stereocenters. The van der Waals surface area contributed by atoms with Crippen LogP contribution in [0.2, 0.25) is 5.02 Å². The van der Waals surface area contributed by atoms with Crippen LogP contribution < -0.4 is 14.8 Å². The number of rotatable bonds is 6. The van der Waals surface area contributed by atoms with Crippen molar-refractivity contribution in [3.05, 3.63) is 40.5 Å². The molecular formula is C21H24ClN3O4. The van der Waals surface area contributed by atoms with Gasteiger partial charge in [-0.1, -0.05) is 11.6 Å². The van der Waals surface area contributed by atoms with Crippen LogP contribution in [0.5, 0.6) is 11.6 Å². The second kappa shape index (κ2) is 7.88. The second-order valence-corrected chi connectivity index (χ2v) is 8.47. The van der Waals surface area contributed by atoms with Gasteiger partial charge in [0.25, 0.3) is 5.91 Å². The van der Waals surface area contributed by atoms with E-state index in [0.29, 0.717) is 36.2 Å². The monoisotopic (exact) mass is 417 g/mol. The quantitative estimate of drug-likeness (QED) is 0.782. The molecule has 8 heteroatoms. The number of aromatic nitrogens is 2. The number of amides is 1. The van der Waals surface area contributed by atoms with Crippen LogP contribution in [0.15, 0.2) is 24.3 Å². The van der Waals surface area contributed by atoms with Crippen molar-refractivity contribution in [1.82, 2.24) is 15.1 Å². The third-order valence-electron chi connectivity index (χ3n) is 5.54. The summed E-state index contributed by atoms with van der Waals surface area (Å²) in [6.07, 6.45) is 4.07. The van der Waals surface area contributed by atoms with Crippen LogP contribution in [-0.4, -0.2) is 47.7 Å². The van der Waals surface area contributed by atoms with Crippen molar-refractivity contribution < 1.29 is 19.0 Å². The van der Waals surface area contributed by atoms with Gasteiger partial charge in [-0.05, 0) is 48.9 Å². The Bertz CT molecular complexity index is 911. The van der Waals surface area contributed by atoms with Crippen molar-refractivity contribution in [3.8, 4) is 11.6 Å². The van der Waals surface area contributed by atoms with E-state index in [4.69, 9.17) is 25.8 Å². The summed E-state index contributed by atoms with van der Waals surface area (Å²) in [5.41, 5.74) is 1.35. The molecular weight excluding hydrogens is 394 g/mol. The lowest BCUT2D eigenvalue weighted by molar-refractivity contribution is 0.0221. The fourth-order valence-electron chi connectivity index (χ4n) is 3.74. The number of carbonyl (C=O) groups is 1. The Morgan fingerprint density at radius 3 is 3.03 bits per heavy atom. The minimum atomic E-state index is -0.226. The van der Waals surface area contributed by atoms with E-state index in [-0.39, 0.29) is 18.1 Å². The van der Waals surface area contributed by atoms with Crippen molar-refractivity contribution in [2.75, 3.05) is 19.8 Å². The molecule has 5 rings (SSSR count). The Kier molecular flexibility index (Phi) is 5.09. The van der Waals surface area contributed by atoms with E-state index < -0.39 is 0 Å². The molecule has 3 aliphatic rings. The van der Waals surface area contributed by atoms with E-state index in [0.717, 1.165) is 36.8 Å². The third-order valence-corrected chi connectivity index (χ3v) is 5.78. The molecule has 0 bridgehead atoms. The topological polar surface area (TPSA) is 74.6 Å². The van der Waals surface area contributed by atoms with Gasteiger partial charge in [0.1, 0.15) is 18.5 Å². The highest BCUT2D eigenvalue weighted by Crippen LogP contribution is 2.30. The van der Waals surface area contributed by atoms with Gasteiger partial charge in [-0.25, -0.2) is 4.68 Å². The van der Waals surface area contributed by atoms with Crippen molar-refractivity contribution in [3.63, 3.8) is 0 Å². The number of halogens is 1. The molecule has 2 aliphatic heterocycles. The Morgan fingerprint density at radius 2 is 2.17 bits per heavy atom. The Balaban J connectivity index is 1.18. The number of hydrogen-bond acceptors (Lipinski definition) is 5. The molecule has 154 valence electrons. The lowest BCUT2D eigenvalue weighted by Gasteiger charge is -2.26.